The predicted octanol–water partition coefficient (Wildman–Crippen LogP) is 4.60. The number of aryl methyl sites for hydroxylation is 1. The first-order chi connectivity index (χ1) is 17.2. The molecule has 2 aromatic carbocycles. The number of rotatable bonds is 8. The molecule has 0 bridgehead atoms. The van der Waals surface area contributed by atoms with Gasteiger partial charge in [-0.25, -0.2) is 0 Å². The first-order valence-corrected chi connectivity index (χ1v) is 12.3. The third-order valence-corrected chi connectivity index (χ3v) is 6.65. The second kappa shape index (κ2) is 10.4. The maximum Gasteiger partial charge on any atom is 0.278 e. The number of anilines is 1. The Balaban J connectivity index is 1.53. The minimum Gasteiger partial charge on any atom is -0.491 e. The smallest absolute Gasteiger partial charge is 0.278 e. The highest BCUT2D eigenvalue weighted by Crippen LogP contribution is 2.34. The zero-order valence-electron chi connectivity index (χ0n) is 20.4. The van der Waals surface area contributed by atoms with Crippen molar-refractivity contribution >= 4 is 11.3 Å². The summed E-state index contributed by atoms with van der Waals surface area (Å²) in [5.74, 6) is 0.789. The van der Waals surface area contributed by atoms with E-state index in [9.17, 15) is 4.79 Å². The van der Waals surface area contributed by atoms with Crippen LogP contribution in [0.3, 0.4) is 0 Å². The van der Waals surface area contributed by atoms with Crippen molar-refractivity contribution in [2.45, 2.75) is 32.6 Å². The van der Waals surface area contributed by atoms with Crippen LogP contribution in [0.15, 0.2) is 59.4 Å². The molecular weight excluding hydrogens is 440 g/mol. The molecule has 3 heterocycles. The Morgan fingerprint density at radius 1 is 0.971 bits per heavy atom. The van der Waals surface area contributed by atoms with Gasteiger partial charge in [0.05, 0.1) is 6.61 Å². The van der Waals surface area contributed by atoms with E-state index >= 15 is 0 Å². The van der Waals surface area contributed by atoms with Gasteiger partial charge in [0, 0.05) is 43.4 Å². The van der Waals surface area contributed by atoms with E-state index in [2.05, 4.69) is 22.0 Å². The van der Waals surface area contributed by atoms with Gasteiger partial charge in [0.2, 0.25) is 0 Å². The number of piperidine rings is 1. The SMILES string of the molecule is COCCOc1ccc(Cc2c(C)[nH]c3c(N4CCCCC4)c(-c4ccccc4)nn3c2=O)cc1. The second-order valence-electron chi connectivity index (χ2n) is 9.07. The van der Waals surface area contributed by atoms with Crippen LogP contribution in [0, 0.1) is 6.92 Å². The predicted molar refractivity (Wildman–Crippen MR) is 139 cm³/mol. The van der Waals surface area contributed by atoms with Crippen LogP contribution < -0.4 is 15.2 Å². The lowest BCUT2D eigenvalue weighted by Gasteiger charge is -2.28. The van der Waals surface area contributed by atoms with Crippen molar-refractivity contribution in [3.63, 3.8) is 0 Å². The molecule has 1 N–H and O–H groups in total. The van der Waals surface area contributed by atoms with Gasteiger partial charge in [-0.05, 0) is 43.9 Å². The first kappa shape index (κ1) is 23.2. The average molecular weight is 473 g/mol. The van der Waals surface area contributed by atoms with Crippen LogP contribution in [-0.4, -0.2) is 48.0 Å². The molecule has 35 heavy (non-hydrogen) atoms. The van der Waals surface area contributed by atoms with Crippen LogP contribution in [0.4, 0.5) is 5.69 Å². The highest BCUT2D eigenvalue weighted by atomic mass is 16.5. The van der Waals surface area contributed by atoms with Crippen LogP contribution in [-0.2, 0) is 11.2 Å². The maximum atomic E-state index is 13.7. The summed E-state index contributed by atoms with van der Waals surface area (Å²) in [6.45, 7) is 4.98. The molecule has 5 rings (SSSR count). The van der Waals surface area contributed by atoms with E-state index in [1.54, 1.807) is 11.6 Å². The first-order valence-electron chi connectivity index (χ1n) is 12.3. The van der Waals surface area contributed by atoms with Gasteiger partial charge in [-0.15, -0.1) is 0 Å². The Labute approximate surface area is 205 Å². The summed E-state index contributed by atoms with van der Waals surface area (Å²) in [5, 5.41) is 4.86. The largest absolute Gasteiger partial charge is 0.491 e. The molecule has 0 spiro atoms. The van der Waals surface area contributed by atoms with E-state index in [0.717, 1.165) is 71.1 Å². The Morgan fingerprint density at radius 2 is 1.71 bits per heavy atom. The Bertz CT molecular complexity index is 1340. The van der Waals surface area contributed by atoms with E-state index in [1.807, 2.05) is 49.4 Å². The lowest BCUT2D eigenvalue weighted by molar-refractivity contribution is 0.146. The molecule has 1 aliphatic heterocycles. The molecular formula is C28H32N4O3. The number of ether oxygens (including phenoxy) is 2. The quantitative estimate of drug-likeness (QED) is 0.380. The Kier molecular flexibility index (Phi) is 6.86. The number of hydrogen-bond acceptors (Lipinski definition) is 5. The third-order valence-electron chi connectivity index (χ3n) is 6.65. The molecule has 0 radical (unpaired) electrons. The zero-order chi connectivity index (χ0) is 24.2. The van der Waals surface area contributed by atoms with Crippen LogP contribution in [0.25, 0.3) is 16.9 Å². The number of methoxy groups -OCH3 is 1. The van der Waals surface area contributed by atoms with Gasteiger partial charge in [-0.3, -0.25) is 4.79 Å². The highest BCUT2D eigenvalue weighted by molar-refractivity contribution is 5.86. The number of hydrogen-bond donors (Lipinski definition) is 1. The van der Waals surface area contributed by atoms with Crippen LogP contribution >= 0.6 is 0 Å². The molecule has 1 fully saturated rings. The molecule has 1 saturated heterocycles. The van der Waals surface area contributed by atoms with Crippen molar-refractivity contribution in [2.24, 2.45) is 0 Å². The van der Waals surface area contributed by atoms with E-state index in [-0.39, 0.29) is 5.56 Å². The standard InChI is InChI=1S/C28H32N4O3/c1-20-24(19-21-11-13-23(14-12-21)35-18-17-34-2)28(33)32-27(29-20)26(31-15-7-4-8-16-31)25(30-32)22-9-5-3-6-10-22/h3,5-6,9-14,29H,4,7-8,15-19H2,1-2H3. The average Bonchev–Trinajstić information content (AvgIpc) is 3.28. The molecule has 7 nitrogen and oxygen atoms in total. The summed E-state index contributed by atoms with van der Waals surface area (Å²) in [6, 6.07) is 18.0. The molecule has 2 aromatic heterocycles. The van der Waals surface area contributed by atoms with Crippen molar-refractivity contribution in [1.29, 1.82) is 0 Å². The summed E-state index contributed by atoms with van der Waals surface area (Å²) in [7, 11) is 1.65. The fourth-order valence-corrected chi connectivity index (χ4v) is 4.78. The molecule has 0 saturated carbocycles. The molecule has 0 amide bonds. The van der Waals surface area contributed by atoms with Crippen molar-refractivity contribution in [3.05, 3.63) is 81.8 Å². The number of benzene rings is 2. The van der Waals surface area contributed by atoms with Crippen molar-refractivity contribution in [1.82, 2.24) is 14.6 Å². The van der Waals surface area contributed by atoms with E-state index in [1.165, 1.54) is 6.42 Å². The molecule has 1 aliphatic rings. The highest BCUT2D eigenvalue weighted by Gasteiger charge is 2.25. The third kappa shape index (κ3) is 4.82. The summed E-state index contributed by atoms with van der Waals surface area (Å²) in [6.07, 6.45) is 4.07. The number of H-pyrrole nitrogens is 1. The topological polar surface area (TPSA) is 71.9 Å². The molecule has 0 aliphatic carbocycles. The minimum atomic E-state index is -0.0721. The molecule has 0 atom stereocenters. The molecule has 0 unspecified atom stereocenters. The monoisotopic (exact) mass is 472 g/mol. The van der Waals surface area contributed by atoms with Gasteiger partial charge in [-0.1, -0.05) is 42.5 Å². The summed E-state index contributed by atoms with van der Waals surface area (Å²) < 4.78 is 12.3. The van der Waals surface area contributed by atoms with Gasteiger partial charge in [0.25, 0.3) is 5.56 Å². The number of nitrogens with one attached hydrogen (secondary N) is 1. The molecule has 182 valence electrons. The fraction of sp³-hybridized carbons (Fsp3) is 0.357. The van der Waals surface area contributed by atoms with Gasteiger partial charge < -0.3 is 19.4 Å². The van der Waals surface area contributed by atoms with Gasteiger partial charge in [-0.2, -0.15) is 9.61 Å². The van der Waals surface area contributed by atoms with E-state index < -0.39 is 0 Å². The van der Waals surface area contributed by atoms with E-state index in [0.29, 0.717) is 19.6 Å². The summed E-state index contributed by atoms with van der Waals surface area (Å²) in [5.41, 5.74) is 6.25. The number of nitrogens with zero attached hydrogens (tertiary/aromatic N) is 3. The zero-order valence-corrected chi connectivity index (χ0v) is 20.4. The van der Waals surface area contributed by atoms with E-state index in [4.69, 9.17) is 14.6 Å². The van der Waals surface area contributed by atoms with Crippen molar-refractivity contribution in [2.75, 3.05) is 38.3 Å². The van der Waals surface area contributed by atoms with Crippen LogP contribution in [0.1, 0.15) is 36.1 Å². The van der Waals surface area contributed by atoms with Gasteiger partial charge >= 0.3 is 0 Å². The number of aromatic nitrogens is 3. The molecule has 4 aromatic rings. The minimum absolute atomic E-state index is 0.0721. The Morgan fingerprint density at radius 3 is 2.43 bits per heavy atom. The normalized spacial score (nSPS) is 13.9. The van der Waals surface area contributed by atoms with Gasteiger partial charge in [0.15, 0.2) is 5.65 Å². The van der Waals surface area contributed by atoms with Gasteiger partial charge in [0.1, 0.15) is 23.7 Å². The maximum absolute atomic E-state index is 13.7. The molecule has 7 heteroatoms. The van der Waals surface area contributed by atoms with Crippen molar-refractivity contribution in [3.8, 4) is 17.0 Å². The lowest BCUT2D eigenvalue weighted by Crippen LogP contribution is -2.30. The fourth-order valence-electron chi connectivity index (χ4n) is 4.78. The second-order valence-corrected chi connectivity index (χ2v) is 9.07. The van der Waals surface area contributed by atoms with Crippen LogP contribution in [0.2, 0.25) is 0 Å². The summed E-state index contributed by atoms with van der Waals surface area (Å²) >= 11 is 0. The van der Waals surface area contributed by atoms with Crippen molar-refractivity contribution < 1.29 is 9.47 Å². The number of fused-ring (bicyclic) bond motifs is 1. The number of aromatic amines is 1. The Hall–Kier alpha value is -3.58. The summed E-state index contributed by atoms with van der Waals surface area (Å²) in [4.78, 5) is 19.6. The lowest BCUT2D eigenvalue weighted by atomic mass is 10.0. The van der Waals surface area contributed by atoms with Crippen LogP contribution in [0.5, 0.6) is 5.75 Å².